The maximum atomic E-state index is 8.83. The zero-order valence-corrected chi connectivity index (χ0v) is 9.38. The van der Waals surface area contributed by atoms with Crippen LogP contribution in [0.25, 0.3) is 0 Å². The van der Waals surface area contributed by atoms with Crippen LogP contribution in [0.15, 0.2) is 18.2 Å². The van der Waals surface area contributed by atoms with E-state index >= 15 is 0 Å². The van der Waals surface area contributed by atoms with Crippen LogP contribution in [-0.4, -0.2) is 11.7 Å². The molecule has 0 spiro atoms. The minimum atomic E-state index is 0.283. The van der Waals surface area contributed by atoms with E-state index in [-0.39, 0.29) is 6.61 Å². The predicted molar refractivity (Wildman–Crippen MR) is 60.7 cm³/mol. The van der Waals surface area contributed by atoms with Gasteiger partial charge in [-0.3, -0.25) is 0 Å². The molecule has 78 valence electrons. The molecular weight excluding hydrogens is 172 g/mol. The van der Waals surface area contributed by atoms with Crippen LogP contribution in [0.3, 0.4) is 0 Å². The molecule has 0 aliphatic carbocycles. The van der Waals surface area contributed by atoms with Gasteiger partial charge in [0.15, 0.2) is 0 Å². The number of benzene rings is 1. The smallest absolute Gasteiger partial charge is 0.0434 e. The summed E-state index contributed by atoms with van der Waals surface area (Å²) in [6.07, 6.45) is 1.86. The van der Waals surface area contributed by atoms with E-state index in [9.17, 15) is 0 Å². The normalized spacial score (nSPS) is 10.9. The van der Waals surface area contributed by atoms with Gasteiger partial charge in [0.1, 0.15) is 0 Å². The molecule has 0 aliphatic heterocycles. The third-order valence-electron chi connectivity index (χ3n) is 2.52. The maximum Gasteiger partial charge on any atom is 0.0434 e. The van der Waals surface area contributed by atoms with E-state index in [0.717, 1.165) is 12.8 Å². The standard InChI is InChI=1S/C13H20O/c1-10(2)13-7-6-11(3)9-12(13)5-4-8-14/h6-7,9-10,14H,4-5,8H2,1-3H3. The molecule has 0 atom stereocenters. The summed E-state index contributed by atoms with van der Waals surface area (Å²) >= 11 is 0. The number of hydrogen-bond acceptors (Lipinski definition) is 1. The first-order valence-corrected chi connectivity index (χ1v) is 5.35. The number of aliphatic hydroxyl groups is 1. The van der Waals surface area contributed by atoms with Crippen LogP contribution in [0.5, 0.6) is 0 Å². The average Bonchev–Trinajstić information content (AvgIpc) is 2.14. The van der Waals surface area contributed by atoms with E-state index in [1.54, 1.807) is 0 Å². The predicted octanol–water partition coefficient (Wildman–Crippen LogP) is 3.04. The van der Waals surface area contributed by atoms with Crippen molar-refractivity contribution in [3.63, 3.8) is 0 Å². The molecule has 0 heterocycles. The summed E-state index contributed by atoms with van der Waals surface area (Å²) in [6, 6.07) is 6.62. The Morgan fingerprint density at radius 3 is 2.57 bits per heavy atom. The van der Waals surface area contributed by atoms with E-state index in [0.29, 0.717) is 5.92 Å². The molecule has 0 saturated carbocycles. The molecule has 1 aromatic carbocycles. The zero-order valence-electron chi connectivity index (χ0n) is 9.38. The summed E-state index contributed by atoms with van der Waals surface area (Å²) in [7, 11) is 0. The third kappa shape index (κ3) is 2.85. The second-order valence-corrected chi connectivity index (χ2v) is 4.18. The molecular formula is C13H20O. The topological polar surface area (TPSA) is 20.2 Å². The van der Waals surface area contributed by atoms with Gasteiger partial charge in [-0.1, -0.05) is 37.6 Å². The Morgan fingerprint density at radius 2 is 2.00 bits per heavy atom. The molecule has 0 fully saturated rings. The van der Waals surface area contributed by atoms with Crippen molar-refractivity contribution in [1.82, 2.24) is 0 Å². The lowest BCUT2D eigenvalue weighted by Crippen LogP contribution is -1.98. The minimum Gasteiger partial charge on any atom is -0.396 e. The fourth-order valence-electron chi connectivity index (χ4n) is 1.78. The van der Waals surface area contributed by atoms with Gasteiger partial charge >= 0.3 is 0 Å². The molecule has 1 rings (SSSR count). The lowest BCUT2D eigenvalue weighted by Gasteiger charge is -2.13. The van der Waals surface area contributed by atoms with Crippen molar-refractivity contribution in [3.8, 4) is 0 Å². The van der Waals surface area contributed by atoms with Gasteiger partial charge in [0.05, 0.1) is 0 Å². The summed E-state index contributed by atoms with van der Waals surface area (Å²) in [5, 5.41) is 8.83. The van der Waals surface area contributed by atoms with Crippen molar-refractivity contribution in [2.75, 3.05) is 6.61 Å². The molecule has 0 radical (unpaired) electrons. The van der Waals surface area contributed by atoms with Gasteiger partial charge in [0.25, 0.3) is 0 Å². The van der Waals surface area contributed by atoms with Crippen LogP contribution in [0.4, 0.5) is 0 Å². The van der Waals surface area contributed by atoms with E-state index in [1.165, 1.54) is 16.7 Å². The van der Waals surface area contributed by atoms with Crippen molar-refractivity contribution in [1.29, 1.82) is 0 Å². The second-order valence-electron chi connectivity index (χ2n) is 4.18. The summed E-state index contributed by atoms with van der Waals surface area (Å²) < 4.78 is 0. The Balaban J connectivity index is 2.91. The zero-order chi connectivity index (χ0) is 10.6. The Hall–Kier alpha value is -0.820. The quantitative estimate of drug-likeness (QED) is 0.777. The molecule has 1 aromatic rings. The first-order chi connectivity index (χ1) is 6.65. The molecule has 0 aromatic heterocycles. The highest BCUT2D eigenvalue weighted by molar-refractivity contribution is 5.33. The van der Waals surface area contributed by atoms with E-state index < -0.39 is 0 Å². The van der Waals surface area contributed by atoms with Gasteiger partial charge < -0.3 is 5.11 Å². The van der Waals surface area contributed by atoms with Crippen molar-refractivity contribution in [3.05, 3.63) is 34.9 Å². The molecule has 0 unspecified atom stereocenters. The van der Waals surface area contributed by atoms with Gasteiger partial charge in [-0.05, 0) is 36.8 Å². The van der Waals surface area contributed by atoms with Crippen LogP contribution in [0, 0.1) is 6.92 Å². The van der Waals surface area contributed by atoms with Crippen LogP contribution >= 0.6 is 0 Å². The highest BCUT2D eigenvalue weighted by atomic mass is 16.2. The Labute approximate surface area is 86.8 Å². The molecule has 0 bridgehead atoms. The minimum absolute atomic E-state index is 0.283. The average molecular weight is 192 g/mol. The molecule has 1 heteroatoms. The Bertz CT molecular complexity index is 289. The van der Waals surface area contributed by atoms with Crippen LogP contribution < -0.4 is 0 Å². The van der Waals surface area contributed by atoms with Crippen LogP contribution in [0.1, 0.15) is 42.9 Å². The Morgan fingerprint density at radius 1 is 1.29 bits per heavy atom. The van der Waals surface area contributed by atoms with Gasteiger partial charge in [-0.2, -0.15) is 0 Å². The maximum absolute atomic E-state index is 8.83. The second kappa shape index (κ2) is 5.16. The van der Waals surface area contributed by atoms with E-state index in [1.807, 2.05) is 0 Å². The number of rotatable bonds is 4. The number of aliphatic hydroxyl groups excluding tert-OH is 1. The molecule has 0 aliphatic rings. The van der Waals surface area contributed by atoms with Crippen molar-refractivity contribution >= 4 is 0 Å². The molecule has 14 heavy (non-hydrogen) atoms. The summed E-state index contributed by atoms with van der Waals surface area (Å²) in [5.74, 6) is 0.573. The fraction of sp³-hybridized carbons (Fsp3) is 0.538. The summed E-state index contributed by atoms with van der Waals surface area (Å²) in [6.45, 7) is 6.83. The lowest BCUT2D eigenvalue weighted by atomic mass is 9.93. The van der Waals surface area contributed by atoms with Crippen molar-refractivity contribution in [2.24, 2.45) is 0 Å². The highest BCUT2D eigenvalue weighted by Crippen LogP contribution is 2.21. The van der Waals surface area contributed by atoms with Gasteiger partial charge in [0, 0.05) is 6.61 Å². The fourth-order valence-corrected chi connectivity index (χ4v) is 1.78. The Kier molecular flexibility index (Phi) is 4.15. The summed E-state index contributed by atoms with van der Waals surface area (Å²) in [4.78, 5) is 0. The van der Waals surface area contributed by atoms with Crippen LogP contribution in [0.2, 0.25) is 0 Å². The molecule has 0 amide bonds. The van der Waals surface area contributed by atoms with Gasteiger partial charge in [-0.15, -0.1) is 0 Å². The first-order valence-electron chi connectivity index (χ1n) is 5.35. The van der Waals surface area contributed by atoms with Crippen molar-refractivity contribution in [2.45, 2.75) is 39.5 Å². The van der Waals surface area contributed by atoms with Crippen LogP contribution in [-0.2, 0) is 6.42 Å². The lowest BCUT2D eigenvalue weighted by molar-refractivity contribution is 0.288. The third-order valence-corrected chi connectivity index (χ3v) is 2.52. The SMILES string of the molecule is Cc1ccc(C(C)C)c(CCCO)c1. The molecule has 1 N–H and O–H groups in total. The molecule has 0 saturated heterocycles. The number of aryl methyl sites for hydroxylation is 2. The van der Waals surface area contributed by atoms with E-state index in [4.69, 9.17) is 5.11 Å². The first kappa shape index (κ1) is 11.3. The number of hydrogen-bond donors (Lipinski definition) is 1. The summed E-state index contributed by atoms with van der Waals surface area (Å²) in [5.41, 5.74) is 4.13. The molecule has 1 nitrogen and oxygen atoms in total. The van der Waals surface area contributed by atoms with Gasteiger partial charge in [0.2, 0.25) is 0 Å². The highest BCUT2D eigenvalue weighted by Gasteiger charge is 2.05. The van der Waals surface area contributed by atoms with Gasteiger partial charge in [-0.25, -0.2) is 0 Å². The van der Waals surface area contributed by atoms with Crippen molar-refractivity contribution < 1.29 is 5.11 Å². The monoisotopic (exact) mass is 192 g/mol. The van der Waals surface area contributed by atoms with E-state index in [2.05, 4.69) is 39.0 Å². The largest absolute Gasteiger partial charge is 0.396 e.